The minimum atomic E-state index is -4.36. The number of alkyl halides is 3. The summed E-state index contributed by atoms with van der Waals surface area (Å²) in [6, 6.07) is 24.6. The number of pyridine rings is 1. The smallest absolute Gasteiger partial charge is 0.256 e. The van der Waals surface area contributed by atoms with Gasteiger partial charge in [0.05, 0.1) is 11.3 Å². The summed E-state index contributed by atoms with van der Waals surface area (Å²) in [5, 5.41) is 4.30. The van der Waals surface area contributed by atoms with Gasteiger partial charge in [0.1, 0.15) is 0 Å². The van der Waals surface area contributed by atoms with Gasteiger partial charge in [-0.1, -0.05) is 74.5 Å². The van der Waals surface area contributed by atoms with E-state index in [0.717, 1.165) is 55.1 Å². The molecular weight excluding hydrogens is 419 g/mol. The fourth-order valence-electron chi connectivity index (χ4n) is 5.40. The second-order valence-corrected chi connectivity index (χ2v) is 9.15. The van der Waals surface area contributed by atoms with Crippen molar-refractivity contribution in [3.63, 3.8) is 0 Å². The largest absolute Gasteiger partial charge is 0.416 e. The number of benzene rings is 4. The SMILES string of the molecule is CC1(C)c2cc(C(F)(F)F)ccc2-c2ccc3c(ccc4c(-c5ccccc5)nccc43)c21. The summed E-state index contributed by atoms with van der Waals surface area (Å²) in [6.07, 6.45) is -2.54. The first-order chi connectivity index (χ1) is 15.8. The first-order valence-corrected chi connectivity index (χ1v) is 10.9. The number of hydrogen-bond donors (Lipinski definition) is 0. The highest BCUT2D eigenvalue weighted by atomic mass is 19.4. The van der Waals surface area contributed by atoms with E-state index in [1.807, 2.05) is 56.4 Å². The number of rotatable bonds is 1. The Morgan fingerprint density at radius 3 is 2.12 bits per heavy atom. The lowest BCUT2D eigenvalue weighted by Gasteiger charge is -2.24. The van der Waals surface area contributed by atoms with Crippen LogP contribution < -0.4 is 0 Å². The molecule has 0 aliphatic heterocycles. The molecule has 0 unspecified atom stereocenters. The van der Waals surface area contributed by atoms with Crippen LogP contribution in [0.3, 0.4) is 0 Å². The Kier molecular flexibility index (Phi) is 4.04. The van der Waals surface area contributed by atoms with Gasteiger partial charge in [-0.15, -0.1) is 0 Å². The Labute approximate surface area is 189 Å². The maximum Gasteiger partial charge on any atom is 0.416 e. The van der Waals surface area contributed by atoms with Crippen LogP contribution in [0.2, 0.25) is 0 Å². The van der Waals surface area contributed by atoms with E-state index in [9.17, 15) is 13.2 Å². The molecule has 1 aliphatic carbocycles. The average Bonchev–Trinajstić information content (AvgIpc) is 3.05. The van der Waals surface area contributed by atoms with E-state index in [0.29, 0.717) is 0 Å². The van der Waals surface area contributed by atoms with Gasteiger partial charge in [-0.2, -0.15) is 13.2 Å². The normalized spacial score (nSPS) is 14.5. The van der Waals surface area contributed by atoms with Crippen molar-refractivity contribution in [3.05, 3.63) is 102 Å². The monoisotopic (exact) mass is 439 g/mol. The molecule has 0 N–H and O–H groups in total. The van der Waals surface area contributed by atoms with Gasteiger partial charge in [-0.25, -0.2) is 0 Å². The number of nitrogens with zero attached hydrogens (tertiary/aromatic N) is 1. The van der Waals surface area contributed by atoms with Crippen molar-refractivity contribution in [2.45, 2.75) is 25.4 Å². The molecule has 1 nitrogen and oxygen atoms in total. The summed E-state index contributed by atoms with van der Waals surface area (Å²) >= 11 is 0. The molecule has 162 valence electrons. The fourth-order valence-corrected chi connectivity index (χ4v) is 5.40. The molecule has 0 saturated heterocycles. The molecular formula is C29H20F3N. The Morgan fingerprint density at radius 1 is 0.697 bits per heavy atom. The Hall–Kier alpha value is -3.66. The average molecular weight is 439 g/mol. The van der Waals surface area contributed by atoms with Gasteiger partial charge in [0.2, 0.25) is 0 Å². The highest BCUT2D eigenvalue weighted by Crippen LogP contribution is 2.53. The first kappa shape index (κ1) is 20.0. The van der Waals surface area contributed by atoms with Crippen LogP contribution in [0.25, 0.3) is 43.9 Å². The van der Waals surface area contributed by atoms with Crippen molar-refractivity contribution in [1.29, 1.82) is 0 Å². The summed E-state index contributed by atoms with van der Waals surface area (Å²) in [5.41, 5.74) is 4.51. The topological polar surface area (TPSA) is 12.9 Å². The van der Waals surface area contributed by atoms with Crippen molar-refractivity contribution < 1.29 is 13.2 Å². The summed E-state index contributed by atoms with van der Waals surface area (Å²) in [4.78, 5) is 4.64. The molecule has 4 aromatic carbocycles. The lowest BCUT2D eigenvalue weighted by Crippen LogP contribution is -2.17. The van der Waals surface area contributed by atoms with Gasteiger partial charge in [-0.3, -0.25) is 4.98 Å². The number of halogens is 3. The molecule has 0 atom stereocenters. The van der Waals surface area contributed by atoms with E-state index < -0.39 is 17.2 Å². The molecule has 0 amide bonds. The molecule has 0 bridgehead atoms. The second-order valence-electron chi connectivity index (χ2n) is 9.15. The third kappa shape index (κ3) is 2.83. The predicted octanol–water partition coefficient (Wildman–Crippen LogP) is 8.38. The zero-order valence-electron chi connectivity index (χ0n) is 18.2. The maximum atomic E-state index is 13.4. The Bertz CT molecular complexity index is 1560. The quantitative estimate of drug-likeness (QED) is 0.239. The van der Waals surface area contributed by atoms with Gasteiger partial charge in [0.15, 0.2) is 0 Å². The summed E-state index contributed by atoms with van der Waals surface area (Å²) in [6.45, 7) is 4.03. The highest BCUT2D eigenvalue weighted by molar-refractivity contribution is 6.14. The number of fused-ring (bicyclic) bond motifs is 7. The molecule has 1 aliphatic rings. The summed E-state index contributed by atoms with van der Waals surface area (Å²) < 4.78 is 40.3. The lowest BCUT2D eigenvalue weighted by atomic mass is 9.79. The van der Waals surface area contributed by atoms with E-state index >= 15 is 0 Å². The van der Waals surface area contributed by atoms with Gasteiger partial charge < -0.3 is 0 Å². The number of aromatic nitrogens is 1. The Balaban J connectivity index is 1.63. The van der Waals surface area contributed by atoms with E-state index in [1.165, 1.54) is 12.1 Å². The van der Waals surface area contributed by atoms with Crippen LogP contribution in [0.1, 0.15) is 30.5 Å². The van der Waals surface area contributed by atoms with Gasteiger partial charge in [-0.05, 0) is 56.6 Å². The van der Waals surface area contributed by atoms with Crippen molar-refractivity contribution >= 4 is 21.5 Å². The molecule has 6 rings (SSSR count). The van der Waals surface area contributed by atoms with E-state index in [1.54, 1.807) is 6.07 Å². The zero-order valence-corrected chi connectivity index (χ0v) is 18.2. The molecule has 4 heteroatoms. The third-order valence-electron chi connectivity index (χ3n) is 6.93. The Morgan fingerprint density at radius 2 is 1.36 bits per heavy atom. The van der Waals surface area contributed by atoms with Crippen LogP contribution in [0.15, 0.2) is 85.1 Å². The van der Waals surface area contributed by atoms with Crippen LogP contribution in [0, 0.1) is 0 Å². The van der Waals surface area contributed by atoms with Crippen LogP contribution in [-0.2, 0) is 11.6 Å². The summed E-state index contributed by atoms with van der Waals surface area (Å²) in [7, 11) is 0. The predicted molar refractivity (Wildman–Crippen MR) is 127 cm³/mol. The van der Waals surface area contributed by atoms with E-state index in [2.05, 4.69) is 29.2 Å². The number of hydrogen-bond acceptors (Lipinski definition) is 1. The van der Waals surface area contributed by atoms with E-state index in [-0.39, 0.29) is 0 Å². The lowest BCUT2D eigenvalue weighted by molar-refractivity contribution is -0.137. The first-order valence-electron chi connectivity index (χ1n) is 10.9. The highest BCUT2D eigenvalue weighted by Gasteiger charge is 2.40. The second kappa shape index (κ2) is 6.67. The van der Waals surface area contributed by atoms with Gasteiger partial charge in [0, 0.05) is 22.6 Å². The van der Waals surface area contributed by atoms with Crippen LogP contribution in [-0.4, -0.2) is 4.98 Å². The maximum absolute atomic E-state index is 13.4. The van der Waals surface area contributed by atoms with Crippen molar-refractivity contribution in [2.24, 2.45) is 0 Å². The van der Waals surface area contributed by atoms with Crippen LogP contribution in [0.4, 0.5) is 13.2 Å². The molecule has 0 spiro atoms. The van der Waals surface area contributed by atoms with Crippen molar-refractivity contribution in [3.8, 4) is 22.4 Å². The molecule has 0 saturated carbocycles. The molecule has 33 heavy (non-hydrogen) atoms. The molecule has 5 aromatic rings. The molecule has 0 fully saturated rings. The minimum Gasteiger partial charge on any atom is -0.256 e. The van der Waals surface area contributed by atoms with Crippen LogP contribution in [0.5, 0.6) is 0 Å². The van der Waals surface area contributed by atoms with Gasteiger partial charge >= 0.3 is 6.18 Å². The van der Waals surface area contributed by atoms with Gasteiger partial charge in [0.25, 0.3) is 0 Å². The molecule has 1 aromatic heterocycles. The molecule has 1 heterocycles. The zero-order chi connectivity index (χ0) is 23.0. The van der Waals surface area contributed by atoms with Crippen molar-refractivity contribution in [2.75, 3.05) is 0 Å². The minimum absolute atomic E-state index is 0.547. The third-order valence-corrected chi connectivity index (χ3v) is 6.93. The van der Waals surface area contributed by atoms with Crippen molar-refractivity contribution in [1.82, 2.24) is 4.98 Å². The standard InChI is InChI=1S/C29H20F3N/c1-28(2)25-16-18(29(30,31)32)8-9-21(25)23-11-10-19-20-14-15-33-27(17-6-4-3-5-7-17)24(20)13-12-22(19)26(23)28/h3-16H,1-2H3. The van der Waals surface area contributed by atoms with Crippen LogP contribution >= 0.6 is 0 Å². The fraction of sp³-hybridized carbons (Fsp3) is 0.138. The molecule has 0 radical (unpaired) electrons. The summed E-state index contributed by atoms with van der Waals surface area (Å²) in [5.74, 6) is 0. The van der Waals surface area contributed by atoms with E-state index in [4.69, 9.17) is 0 Å².